The Kier molecular flexibility index (Phi) is 6.36. The second-order valence-electron chi connectivity index (χ2n) is 11.5. The lowest BCUT2D eigenvalue weighted by atomic mass is 9.98. The quantitative estimate of drug-likeness (QED) is 0.192. The third-order valence-corrected chi connectivity index (χ3v) is 8.67. The topological polar surface area (TPSA) is 91.0 Å². The molecular formula is C41H25FN4O2. The van der Waals surface area contributed by atoms with Gasteiger partial charge in [-0.3, -0.25) is 0 Å². The maximum absolute atomic E-state index is 15.3. The van der Waals surface area contributed by atoms with Gasteiger partial charge in [-0.25, -0.2) is 15.0 Å². The van der Waals surface area contributed by atoms with Crippen LogP contribution in [0, 0.1) is 6.01 Å². The van der Waals surface area contributed by atoms with Crippen LogP contribution < -0.4 is 5.73 Å². The van der Waals surface area contributed by atoms with Gasteiger partial charge < -0.3 is 14.6 Å². The minimum absolute atomic E-state index is 0.355. The Morgan fingerprint density at radius 2 is 1.04 bits per heavy atom. The molecule has 228 valence electrons. The maximum Gasteiger partial charge on any atom is 0.287 e. The highest BCUT2D eigenvalue weighted by atomic mass is 19.1. The van der Waals surface area contributed by atoms with Crippen LogP contribution in [-0.2, 0) is 0 Å². The summed E-state index contributed by atoms with van der Waals surface area (Å²) >= 11 is 0. The van der Waals surface area contributed by atoms with Gasteiger partial charge in [0.25, 0.3) is 6.01 Å². The average Bonchev–Trinajstić information content (AvgIpc) is 3.69. The molecule has 3 aromatic heterocycles. The zero-order chi connectivity index (χ0) is 32.2. The van der Waals surface area contributed by atoms with Crippen molar-refractivity contribution in [3.8, 4) is 56.4 Å². The summed E-state index contributed by atoms with van der Waals surface area (Å²) in [5.74, 6) is 1.64. The van der Waals surface area contributed by atoms with E-state index in [1.807, 2.05) is 127 Å². The first-order valence-electron chi connectivity index (χ1n) is 15.5. The van der Waals surface area contributed by atoms with Gasteiger partial charge >= 0.3 is 0 Å². The van der Waals surface area contributed by atoms with Crippen LogP contribution in [0.2, 0.25) is 0 Å². The van der Waals surface area contributed by atoms with Gasteiger partial charge in [0, 0.05) is 49.7 Å². The molecule has 0 spiro atoms. The molecule has 6 nitrogen and oxygen atoms in total. The summed E-state index contributed by atoms with van der Waals surface area (Å²) in [6, 6.07) is 43.8. The molecule has 6 aromatic carbocycles. The number of halogens is 1. The van der Waals surface area contributed by atoms with Crippen LogP contribution in [0.4, 0.5) is 10.1 Å². The molecule has 9 rings (SSSR count). The largest absolute Gasteiger partial charge is 0.456 e. The molecule has 7 heteroatoms. The molecule has 0 saturated carbocycles. The van der Waals surface area contributed by atoms with E-state index in [1.165, 1.54) is 0 Å². The van der Waals surface area contributed by atoms with Gasteiger partial charge in [0.15, 0.2) is 17.5 Å². The number of fused-ring (bicyclic) bond motifs is 4. The molecular weight excluding hydrogens is 599 g/mol. The van der Waals surface area contributed by atoms with Gasteiger partial charge in [-0.15, -0.1) is 0 Å². The second-order valence-corrected chi connectivity index (χ2v) is 11.5. The fourth-order valence-electron chi connectivity index (χ4n) is 6.39. The molecule has 0 fully saturated rings. The predicted octanol–water partition coefficient (Wildman–Crippen LogP) is 10.6. The first kappa shape index (κ1) is 27.7. The van der Waals surface area contributed by atoms with Gasteiger partial charge in [-0.1, -0.05) is 121 Å². The van der Waals surface area contributed by atoms with E-state index < -0.39 is 6.01 Å². The van der Waals surface area contributed by atoms with E-state index in [-0.39, 0.29) is 0 Å². The summed E-state index contributed by atoms with van der Waals surface area (Å²) in [5, 5.41) is 2.61. The lowest BCUT2D eigenvalue weighted by Gasteiger charge is -2.10. The normalized spacial score (nSPS) is 11.5. The number of benzene rings is 6. The van der Waals surface area contributed by atoms with Crippen molar-refractivity contribution in [2.75, 3.05) is 5.73 Å². The number of furan rings is 2. The van der Waals surface area contributed by atoms with Crippen LogP contribution in [0.5, 0.6) is 0 Å². The van der Waals surface area contributed by atoms with E-state index in [2.05, 4.69) is 0 Å². The number of aromatic nitrogens is 3. The number of para-hydroxylation sites is 3. The van der Waals surface area contributed by atoms with Crippen molar-refractivity contribution in [3.63, 3.8) is 0 Å². The first-order chi connectivity index (χ1) is 23.6. The third kappa shape index (κ3) is 4.52. The number of rotatable bonds is 5. The Morgan fingerprint density at radius 3 is 1.85 bits per heavy atom. The molecule has 9 aromatic rings. The van der Waals surface area contributed by atoms with Crippen LogP contribution in [0.15, 0.2) is 148 Å². The Bertz CT molecular complexity index is 2640. The molecule has 0 atom stereocenters. The van der Waals surface area contributed by atoms with Crippen molar-refractivity contribution in [1.82, 2.24) is 15.0 Å². The van der Waals surface area contributed by atoms with Crippen LogP contribution >= 0.6 is 0 Å². The lowest BCUT2D eigenvalue weighted by Crippen LogP contribution is -2.00. The fraction of sp³-hybridized carbons (Fsp3) is 0. The summed E-state index contributed by atoms with van der Waals surface area (Å²) in [4.78, 5) is 14.9. The molecule has 0 unspecified atom stereocenters. The zero-order valence-corrected chi connectivity index (χ0v) is 25.4. The molecule has 0 aliphatic carbocycles. The number of hydrogen-bond donors (Lipinski definition) is 1. The Balaban J connectivity index is 1.17. The van der Waals surface area contributed by atoms with Crippen molar-refractivity contribution in [3.05, 3.63) is 146 Å². The summed E-state index contributed by atoms with van der Waals surface area (Å²) < 4.78 is 27.2. The van der Waals surface area contributed by atoms with E-state index in [0.717, 1.165) is 49.8 Å². The number of anilines is 1. The minimum atomic E-state index is -0.668. The minimum Gasteiger partial charge on any atom is -0.456 e. The SMILES string of the molecule is Nc1ccccc1-c1c(F)oc2c(-c3ccc(-c4nc(-c5ccccc5)nc(-c5cccc6oc7ccccc7c56)n4)cc3)cccc12. The molecule has 0 aliphatic heterocycles. The van der Waals surface area contributed by atoms with E-state index in [9.17, 15) is 0 Å². The second kappa shape index (κ2) is 11.0. The number of nitrogen functional groups attached to an aromatic ring is 1. The molecule has 0 amide bonds. The smallest absolute Gasteiger partial charge is 0.287 e. The molecule has 0 radical (unpaired) electrons. The molecule has 2 N–H and O–H groups in total. The van der Waals surface area contributed by atoms with Gasteiger partial charge in [0.2, 0.25) is 0 Å². The molecule has 0 saturated heterocycles. The van der Waals surface area contributed by atoms with Crippen molar-refractivity contribution in [2.45, 2.75) is 0 Å². The Labute approximate surface area is 274 Å². The monoisotopic (exact) mass is 624 g/mol. The zero-order valence-electron chi connectivity index (χ0n) is 25.4. The van der Waals surface area contributed by atoms with E-state index in [0.29, 0.717) is 45.3 Å². The van der Waals surface area contributed by atoms with Crippen LogP contribution in [0.25, 0.3) is 89.3 Å². The Hall–Kier alpha value is -6.60. The third-order valence-electron chi connectivity index (χ3n) is 8.67. The van der Waals surface area contributed by atoms with Gasteiger partial charge in [0.05, 0.1) is 5.56 Å². The van der Waals surface area contributed by atoms with E-state index in [1.54, 1.807) is 12.1 Å². The summed E-state index contributed by atoms with van der Waals surface area (Å²) in [5.41, 5.74) is 13.8. The standard InChI is InChI=1S/C41H25FN4O2/c42-38-36(28-12-4-6-17-32(28)43)30-15-8-14-27(37(30)48-38)24-20-22-26(23-21-24)40-44-39(25-10-2-1-3-11-25)45-41(46-40)31-16-9-19-34-35(31)29-13-5-7-18-33(29)47-34/h1-23H,43H2. The van der Waals surface area contributed by atoms with Crippen molar-refractivity contribution in [2.24, 2.45) is 0 Å². The van der Waals surface area contributed by atoms with Gasteiger partial charge in [0.1, 0.15) is 16.7 Å². The van der Waals surface area contributed by atoms with Crippen molar-refractivity contribution >= 4 is 38.6 Å². The number of nitrogens with zero attached hydrogens (tertiary/aromatic N) is 3. The van der Waals surface area contributed by atoms with E-state index in [4.69, 9.17) is 29.5 Å². The van der Waals surface area contributed by atoms with Crippen molar-refractivity contribution in [1.29, 1.82) is 0 Å². The highest BCUT2D eigenvalue weighted by Gasteiger charge is 2.21. The molecule has 0 bridgehead atoms. The van der Waals surface area contributed by atoms with Gasteiger partial charge in [-0.2, -0.15) is 4.39 Å². The van der Waals surface area contributed by atoms with Crippen molar-refractivity contribution < 1.29 is 13.2 Å². The highest BCUT2D eigenvalue weighted by Crippen LogP contribution is 2.41. The summed E-state index contributed by atoms with van der Waals surface area (Å²) in [7, 11) is 0. The molecule has 48 heavy (non-hydrogen) atoms. The van der Waals surface area contributed by atoms with E-state index >= 15 is 4.39 Å². The lowest BCUT2D eigenvalue weighted by molar-refractivity contribution is 0.384. The highest BCUT2D eigenvalue weighted by molar-refractivity contribution is 6.11. The summed E-state index contributed by atoms with van der Waals surface area (Å²) in [6.45, 7) is 0. The molecule has 3 heterocycles. The predicted molar refractivity (Wildman–Crippen MR) is 188 cm³/mol. The van der Waals surface area contributed by atoms with Crippen LogP contribution in [-0.4, -0.2) is 15.0 Å². The molecule has 0 aliphatic rings. The number of hydrogen-bond acceptors (Lipinski definition) is 6. The van der Waals surface area contributed by atoms with Crippen LogP contribution in [0.1, 0.15) is 0 Å². The maximum atomic E-state index is 15.3. The van der Waals surface area contributed by atoms with Gasteiger partial charge in [-0.05, 0) is 23.8 Å². The Morgan fingerprint density at radius 1 is 0.458 bits per heavy atom. The fourth-order valence-corrected chi connectivity index (χ4v) is 6.39. The van der Waals surface area contributed by atoms with Crippen LogP contribution in [0.3, 0.4) is 0 Å². The average molecular weight is 625 g/mol. The number of nitrogens with two attached hydrogens (primary N) is 1. The first-order valence-corrected chi connectivity index (χ1v) is 15.5. The summed E-state index contributed by atoms with van der Waals surface area (Å²) in [6.07, 6.45) is 0.